The zero-order chi connectivity index (χ0) is 19.4. The molecule has 0 spiro atoms. The fraction of sp³-hybridized carbons (Fsp3) is 0.111. The second-order valence-electron chi connectivity index (χ2n) is 5.61. The van der Waals surface area contributed by atoms with Crippen LogP contribution >= 0.6 is 0 Å². The van der Waals surface area contributed by atoms with Crippen molar-refractivity contribution in [2.75, 3.05) is 5.32 Å². The van der Waals surface area contributed by atoms with Gasteiger partial charge in [-0.2, -0.15) is 13.2 Å². The summed E-state index contributed by atoms with van der Waals surface area (Å²) in [5, 5.41) is 3.91. The van der Waals surface area contributed by atoms with Gasteiger partial charge in [-0.15, -0.1) is 0 Å². The molecule has 138 valence electrons. The fourth-order valence-corrected chi connectivity index (χ4v) is 2.31. The van der Waals surface area contributed by atoms with E-state index in [4.69, 9.17) is 0 Å². The number of carbonyl (C=O) groups is 1. The molecule has 6 nitrogen and oxygen atoms in total. The van der Waals surface area contributed by atoms with Crippen molar-refractivity contribution in [2.45, 2.75) is 13.2 Å². The van der Waals surface area contributed by atoms with Gasteiger partial charge in [0.25, 0.3) is 5.91 Å². The molecule has 27 heavy (non-hydrogen) atoms. The summed E-state index contributed by atoms with van der Waals surface area (Å²) in [5.41, 5.74) is 2.42. The van der Waals surface area contributed by atoms with Crippen molar-refractivity contribution in [3.05, 3.63) is 66.1 Å². The van der Waals surface area contributed by atoms with E-state index in [1.165, 1.54) is 12.1 Å². The zero-order valence-electron chi connectivity index (χ0n) is 14.1. The molecular weight excluding hydrogens is 359 g/mol. The van der Waals surface area contributed by atoms with Crippen LogP contribution in [0.5, 0.6) is 0 Å². The summed E-state index contributed by atoms with van der Waals surface area (Å²) in [7, 11) is 0. The molecule has 2 aromatic heterocycles. The highest BCUT2D eigenvalue weighted by atomic mass is 19.4. The molecule has 0 bridgehead atoms. The van der Waals surface area contributed by atoms with Crippen molar-refractivity contribution in [3.63, 3.8) is 0 Å². The number of hydrogen-bond acceptors (Lipinski definition) is 5. The highest BCUT2D eigenvalue weighted by Gasteiger charge is 2.30. The lowest BCUT2D eigenvalue weighted by atomic mass is 10.1. The summed E-state index contributed by atoms with van der Waals surface area (Å²) >= 11 is 0. The SMILES string of the molecule is Cc1ccc(C(=O)NC(F)(F)F)cc1Nc1nccc(-c2cccnc2)n1. The number of benzene rings is 1. The monoisotopic (exact) mass is 373 g/mol. The lowest BCUT2D eigenvalue weighted by Gasteiger charge is -2.12. The third-order valence-corrected chi connectivity index (χ3v) is 3.61. The molecule has 9 heteroatoms. The number of anilines is 2. The largest absolute Gasteiger partial charge is 0.484 e. The molecular formula is C18H14F3N5O. The van der Waals surface area contributed by atoms with Crippen molar-refractivity contribution in [1.82, 2.24) is 20.3 Å². The maximum atomic E-state index is 12.4. The van der Waals surface area contributed by atoms with E-state index in [1.54, 1.807) is 43.7 Å². The van der Waals surface area contributed by atoms with Gasteiger partial charge in [-0.3, -0.25) is 15.1 Å². The second kappa shape index (κ2) is 7.40. The minimum atomic E-state index is -4.79. The summed E-state index contributed by atoms with van der Waals surface area (Å²) in [4.78, 5) is 24.2. The first-order valence-corrected chi connectivity index (χ1v) is 7.82. The van der Waals surface area contributed by atoms with Gasteiger partial charge in [-0.1, -0.05) is 6.07 Å². The van der Waals surface area contributed by atoms with Crippen molar-refractivity contribution in [1.29, 1.82) is 0 Å². The van der Waals surface area contributed by atoms with Crippen LogP contribution in [0.15, 0.2) is 55.0 Å². The van der Waals surface area contributed by atoms with E-state index in [9.17, 15) is 18.0 Å². The lowest BCUT2D eigenvalue weighted by Crippen LogP contribution is -2.37. The van der Waals surface area contributed by atoms with Crippen LogP contribution in [0, 0.1) is 6.92 Å². The number of pyridine rings is 1. The average molecular weight is 373 g/mol. The molecule has 0 aliphatic heterocycles. The van der Waals surface area contributed by atoms with E-state index >= 15 is 0 Å². The van der Waals surface area contributed by atoms with E-state index in [1.807, 2.05) is 6.07 Å². The molecule has 0 fully saturated rings. The minimum Gasteiger partial charge on any atom is -0.324 e. The van der Waals surface area contributed by atoms with Gasteiger partial charge in [0.05, 0.1) is 5.69 Å². The zero-order valence-corrected chi connectivity index (χ0v) is 14.1. The molecule has 0 aliphatic rings. The number of hydrogen-bond donors (Lipinski definition) is 2. The van der Waals surface area contributed by atoms with Gasteiger partial charge >= 0.3 is 6.30 Å². The van der Waals surface area contributed by atoms with Crippen molar-refractivity contribution in [3.8, 4) is 11.3 Å². The van der Waals surface area contributed by atoms with Crippen LogP contribution in [0.4, 0.5) is 24.8 Å². The van der Waals surface area contributed by atoms with Crippen LogP contribution in [-0.4, -0.2) is 27.2 Å². The quantitative estimate of drug-likeness (QED) is 0.680. The molecule has 0 unspecified atom stereocenters. The molecule has 3 rings (SSSR count). The molecule has 0 saturated heterocycles. The Balaban J connectivity index is 1.86. The van der Waals surface area contributed by atoms with Crippen LogP contribution in [0.1, 0.15) is 15.9 Å². The Labute approximate surface area is 152 Å². The van der Waals surface area contributed by atoms with Gasteiger partial charge in [-0.05, 0) is 42.8 Å². The molecule has 1 amide bonds. The number of rotatable bonds is 4. The second-order valence-corrected chi connectivity index (χ2v) is 5.61. The number of halogens is 3. The Morgan fingerprint density at radius 1 is 1.11 bits per heavy atom. The van der Waals surface area contributed by atoms with Gasteiger partial charge in [-0.25, -0.2) is 9.97 Å². The van der Waals surface area contributed by atoms with Crippen LogP contribution in [0.25, 0.3) is 11.3 Å². The first kappa shape index (κ1) is 18.3. The van der Waals surface area contributed by atoms with Gasteiger partial charge < -0.3 is 5.32 Å². The molecule has 3 aromatic rings. The van der Waals surface area contributed by atoms with E-state index in [0.29, 0.717) is 16.9 Å². The molecule has 2 N–H and O–H groups in total. The van der Waals surface area contributed by atoms with E-state index in [2.05, 4.69) is 20.3 Å². The minimum absolute atomic E-state index is 0.135. The molecule has 0 saturated carbocycles. The number of aryl methyl sites for hydroxylation is 1. The molecule has 1 aromatic carbocycles. The summed E-state index contributed by atoms with van der Waals surface area (Å²) in [5.74, 6) is -0.997. The summed E-state index contributed by atoms with van der Waals surface area (Å²) < 4.78 is 37.1. The summed E-state index contributed by atoms with van der Waals surface area (Å²) in [6.07, 6.45) is 0.0497. The molecule has 0 atom stereocenters. The van der Waals surface area contributed by atoms with E-state index in [0.717, 1.165) is 10.9 Å². The Hall–Kier alpha value is -3.49. The fourth-order valence-electron chi connectivity index (χ4n) is 2.31. The first-order chi connectivity index (χ1) is 12.8. The summed E-state index contributed by atoms with van der Waals surface area (Å²) in [6, 6.07) is 9.50. The maximum Gasteiger partial charge on any atom is 0.484 e. The van der Waals surface area contributed by atoms with Crippen LogP contribution in [0.2, 0.25) is 0 Å². The number of alkyl halides is 3. The topological polar surface area (TPSA) is 79.8 Å². The van der Waals surface area contributed by atoms with Gasteiger partial charge in [0, 0.05) is 35.4 Å². The predicted molar refractivity (Wildman–Crippen MR) is 93.2 cm³/mol. The third kappa shape index (κ3) is 4.78. The smallest absolute Gasteiger partial charge is 0.324 e. The Morgan fingerprint density at radius 2 is 1.93 bits per heavy atom. The molecule has 2 heterocycles. The highest BCUT2D eigenvalue weighted by Crippen LogP contribution is 2.23. The van der Waals surface area contributed by atoms with Gasteiger partial charge in [0.15, 0.2) is 0 Å². The van der Waals surface area contributed by atoms with Crippen LogP contribution in [0.3, 0.4) is 0 Å². The van der Waals surface area contributed by atoms with Crippen LogP contribution < -0.4 is 10.6 Å². The van der Waals surface area contributed by atoms with E-state index in [-0.39, 0.29) is 11.5 Å². The number of carbonyl (C=O) groups excluding carboxylic acids is 1. The maximum absolute atomic E-state index is 12.4. The highest BCUT2D eigenvalue weighted by molar-refractivity contribution is 5.95. The average Bonchev–Trinajstić information content (AvgIpc) is 2.63. The Bertz CT molecular complexity index is 961. The predicted octanol–water partition coefficient (Wildman–Crippen LogP) is 3.84. The van der Waals surface area contributed by atoms with Gasteiger partial charge in [0.1, 0.15) is 0 Å². The number of nitrogens with one attached hydrogen (secondary N) is 2. The Kier molecular flexibility index (Phi) is 5.02. The standard InChI is InChI=1S/C18H14F3N5O/c1-11-4-5-12(16(27)26-18(19,20)21)9-15(11)25-17-23-8-6-14(24-17)13-3-2-7-22-10-13/h2-10H,1H3,(H,26,27)(H,23,24,25). The van der Waals surface area contributed by atoms with Crippen LogP contribution in [-0.2, 0) is 0 Å². The normalized spacial score (nSPS) is 11.1. The number of nitrogens with zero attached hydrogens (tertiary/aromatic N) is 3. The summed E-state index contributed by atoms with van der Waals surface area (Å²) in [6.45, 7) is 1.75. The van der Waals surface area contributed by atoms with Crippen molar-refractivity contribution < 1.29 is 18.0 Å². The lowest BCUT2D eigenvalue weighted by molar-refractivity contribution is -0.146. The van der Waals surface area contributed by atoms with E-state index < -0.39 is 12.2 Å². The third-order valence-electron chi connectivity index (χ3n) is 3.61. The molecule has 0 aliphatic carbocycles. The first-order valence-electron chi connectivity index (χ1n) is 7.82. The van der Waals surface area contributed by atoms with Gasteiger partial charge in [0.2, 0.25) is 5.95 Å². The van der Waals surface area contributed by atoms with Crippen molar-refractivity contribution >= 4 is 17.5 Å². The number of amides is 1. The van der Waals surface area contributed by atoms with Crippen molar-refractivity contribution in [2.24, 2.45) is 0 Å². The molecule has 0 radical (unpaired) electrons. The Morgan fingerprint density at radius 3 is 2.63 bits per heavy atom. The number of aromatic nitrogens is 3.